The van der Waals surface area contributed by atoms with Crippen LogP contribution in [0.15, 0.2) is 72.8 Å². The first-order valence-electron chi connectivity index (χ1n) is 12.4. The molecule has 0 fully saturated rings. The molecule has 3 aromatic carbocycles. The average molecular weight is 489 g/mol. The molecule has 5 nitrogen and oxygen atoms in total. The fourth-order valence-electron chi connectivity index (χ4n) is 4.48. The molecule has 1 amide bonds. The van der Waals surface area contributed by atoms with E-state index in [-0.39, 0.29) is 17.0 Å². The molecule has 3 rings (SSSR count). The highest BCUT2D eigenvalue weighted by Gasteiger charge is 2.39. The van der Waals surface area contributed by atoms with Crippen LogP contribution in [0.5, 0.6) is 11.5 Å². The zero-order valence-electron chi connectivity index (χ0n) is 22.9. The van der Waals surface area contributed by atoms with Crippen molar-refractivity contribution in [3.63, 3.8) is 0 Å². The first-order valence-corrected chi connectivity index (χ1v) is 12.4. The molecule has 0 bridgehead atoms. The lowest BCUT2D eigenvalue weighted by molar-refractivity contribution is -0.121. The molecular weight excluding hydrogens is 448 g/mol. The molecule has 0 aliphatic carbocycles. The molecule has 2 N–H and O–H groups in total. The molecule has 0 spiro atoms. The van der Waals surface area contributed by atoms with Crippen molar-refractivity contribution in [1.82, 2.24) is 10.6 Å². The van der Waals surface area contributed by atoms with Gasteiger partial charge >= 0.3 is 0 Å². The fourth-order valence-corrected chi connectivity index (χ4v) is 4.48. The van der Waals surface area contributed by atoms with Crippen molar-refractivity contribution >= 4 is 5.91 Å². The Labute approximate surface area is 216 Å². The number of carbonyl (C=O) groups excluding carboxylic acids is 1. The number of hydrogen-bond acceptors (Lipinski definition) is 4. The molecule has 36 heavy (non-hydrogen) atoms. The van der Waals surface area contributed by atoms with Gasteiger partial charge in [-0.15, -0.1) is 0 Å². The maximum atomic E-state index is 12.5. The van der Waals surface area contributed by atoms with E-state index in [1.807, 2.05) is 57.2 Å². The van der Waals surface area contributed by atoms with E-state index in [4.69, 9.17) is 9.47 Å². The van der Waals surface area contributed by atoms with Crippen molar-refractivity contribution in [2.24, 2.45) is 0 Å². The van der Waals surface area contributed by atoms with E-state index in [0.717, 1.165) is 33.8 Å². The lowest BCUT2D eigenvalue weighted by atomic mass is 9.75. The predicted octanol–water partition coefficient (Wildman–Crippen LogP) is 5.84. The van der Waals surface area contributed by atoms with Crippen molar-refractivity contribution in [2.75, 3.05) is 14.2 Å². The van der Waals surface area contributed by atoms with Crippen LogP contribution in [0.2, 0.25) is 0 Å². The highest BCUT2D eigenvalue weighted by Crippen LogP contribution is 2.40. The van der Waals surface area contributed by atoms with Gasteiger partial charge in [-0.1, -0.05) is 48.5 Å². The smallest absolute Gasteiger partial charge is 0.224 e. The molecule has 0 radical (unpaired) electrons. The standard InChI is InChI=1S/C31H40N2O3/c1-29(2,3)32-28(34)21-22-9-11-23(12-10-22)31(33-30(4,5)6,24-13-17-26(35-7)18-14-24)25-15-19-27(36-8)20-16-25/h9-20,33H,21H2,1-8H3,(H,32,34). The van der Waals surface area contributed by atoms with Crippen molar-refractivity contribution in [2.45, 2.75) is 64.6 Å². The Bertz CT molecular complexity index is 1090. The Morgan fingerprint density at radius 1 is 0.639 bits per heavy atom. The van der Waals surface area contributed by atoms with Crippen LogP contribution in [-0.2, 0) is 16.8 Å². The molecule has 0 aliphatic heterocycles. The van der Waals surface area contributed by atoms with E-state index in [9.17, 15) is 4.79 Å². The van der Waals surface area contributed by atoms with Gasteiger partial charge in [-0.05, 0) is 88.1 Å². The van der Waals surface area contributed by atoms with Gasteiger partial charge in [-0.25, -0.2) is 0 Å². The van der Waals surface area contributed by atoms with Crippen molar-refractivity contribution < 1.29 is 14.3 Å². The molecule has 5 heteroatoms. The minimum Gasteiger partial charge on any atom is -0.497 e. The summed E-state index contributed by atoms with van der Waals surface area (Å²) in [5.41, 5.74) is 3.09. The van der Waals surface area contributed by atoms with Crippen LogP contribution >= 0.6 is 0 Å². The van der Waals surface area contributed by atoms with Gasteiger partial charge in [0.25, 0.3) is 0 Å². The summed E-state index contributed by atoms with van der Waals surface area (Å²) in [5, 5.41) is 6.97. The van der Waals surface area contributed by atoms with E-state index >= 15 is 0 Å². The number of ether oxygens (including phenoxy) is 2. The molecule has 0 heterocycles. The number of benzene rings is 3. The first-order chi connectivity index (χ1) is 16.9. The Morgan fingerprint density at radius 3 is 1.36 bits per heavy atom. The monoisotopic (exact) mass is 488 g/mol. The summed E-state index contributed by atoms with van der Waals surface area (Å²) in [4.78, 5) is 12.5. The summed E-state index contributed by atoms with van der Waals surface area (Å²) >= 11 is 0. The predicted molar refractivity (Wildman–Crippen MR) is 147 cm³/mol. The highest BCUT2D eigenvalue weighted by molar-refractivity contribution is 5.79. The number of amides is 1. The number of hydrogen-bond donors (Lipinski definition) is 2. The Kier molecular flexibility index (Phi) is 8.15. The third-order valence-corrected chi connectivity index (χ3v) is 5.87. The summed E-state index contributed by atoms with van der Waals surface area (Å²) in [7, 11) is 3.35. The summed E-state index contributed by atoms with van der Waals surface area (Å²) in [6, 6.07) is 24.7. The maximum Gasteiger partial charge on any atom is 0.224 e. The molecule has 0 saturated heterocycles. The summed E-state index contributed by atoms with van der Waals surface area (Å²) in [6.45, 7) is 12.5. The van der Waals surface area contributed by atoms with Crippen LogP contribution < -0.4 is 20.1 Å². The first kappa shape index (κ1) is 27.3. The molecule has 0 atom stereocenters. The van der Waals surface area contributed by atoms with E-state index < -0.39 is 5.54 Å². The average Bonchev–Trinajstić information content (AvgIpc) is 2.81. The largest absolute Gasteiger partial charge is 0.497 e. The van der Waals surface area contributed by atoms with Crippen molar-refractivity contribution in [3.05, 3.63) is 95.1 Å². The van der Waals surface area contributed by atoms with E-state index in [0.29, 0.717) is 6.42 Å². The zero-order valence-corrected chi connectivity index (χ0v) is 22.9. The summed E-state index contributed by atoms with van der Waals surface area (Å²) in [6.07, 6.45) is 0.336. The van der Waals surface area contributed by atoms with E-state index in [1.54, 1.807) is 14.2 Å². The Balaban J connectivity index is 2.15. The third kappa shape index (κ3) is 6.67. The van der Waals surface area contributed by atoms with Gasteiger partial charge in [0.1, 0.15) is 11.5 Å². The van der Waals surface area contributed by atoms with Gasteiger partial charge in [0.15, 0.2) is 0 Å². The second kappa shape index (κ2) is 10.8. The fraction of sp³-hybridized carbons (Fsp3) is 0.387. The molecular formula is C31H40N2O3. The quantitative estimate of drug-likeness (QED) is 0.391. The van der Waals surface area contributed by atoms with Gasteiger partial charge in [0.2, 0.25) is 5.91 Å². The normalized spacial score (nSPS) is 12.2. The van der Waals surface area contributed by atoms with Gasteiger partial charge < -0.3 is 14.8 Å². The number of methoxy groups -OCH3 is 2. The second-order valence-electron chi connectivity index (χ2n) is 11.3. The van der Waals surface area contributed by atoms with E-state index in [2.05, 4.69) is 67.8 Å². The zero-order chi connectivity index (χ0) is 26.6. The molecule has 0 aliphatic rings. The molecule has 0 unspecified atom stereocenters. The lowest BCUT2D eigenvalue weighted by Gasteiger charge is -2.42. The molecule has 3 aromatic rings. The highest BCUT2D eigenvalue weighted by atomic mass is 16.5. The summed E-state index contributed by atoms with van der Waals surface area (Å²) < 4.78 is 10.9. The van der Waals surface area contributed by atoms with Gasteiger partial charge in [0.05, 0.1) is 26.2 Å². The second-order valence-corrected chi connectivity index (χ2v) is 11.3. The SMILES string of the molecule is COc1ccc(C(NC(C)(C)C)(c2ccc(CC(=O)NC(C)(C)C)cc2)c2ccc(OC)cc2)cc1. The third-order valence-electron chi connectivity index (χ3n) is 5.87. The summed E-state index contributed by atoms with van der Waals surface area (Å²) in [5.74, 6) is 1.62. The Morgan fingerprint density at radius 2 is 1.03 bits per heavy atom. The van der Waals surface area contributed by atoms with Crippen LogP contribution in [0.3, 0.4) is 0 Å². The van der Waals surface area contributed by atoms with Gasteiger partial charge in [-0.2, -0.15) is 0 Å². The van der Waals surface area contributed by atoms with Gasteiger partial charge in [0, 0.05) is 11.1 Å². The number of rotatable bonds is 8. The minimum absolute atomic E-state index is 0.0136. The molecule has 0 aromatic heterocycles. The van der Waals surface area contributed by atoms with Crippen LogP contribution in [0.4, 0.5) is 0 Å². The van der Waals surface area contributed by atoms with Crippen LogP contribution in [-0.4, -0.2) is 31.2 Å². The topological polar surface area (TPSA) is 59.6 Å². The minimum atomic E-state index is -0.650. The van der Waals surface area contributed by atoms with Crippen molar-refractivity contribution in [3.8, 4) is 11.5 Å². The van der Waals surface area contributed by atoms with Crippen LogP contribution in [0.25, 0.3) is 0 Å². The van der Waals surface area contributed by atoms with Crippen LogP contribution in [0, 0.1) is 0 Å². The van der Waals surface area contributed by atoms with Gasteiger partial charge in [-0.3, -0.25) is 10.1 Å². The molecule has 0 saturated carbocycles. The Hall–Kier alpha value is -3.31. The number of nitrogens with one attached hydrogen (secondary N) is 2. The van der Waals surface area contributed by atoms with Crippen LogP contribution in [0.1, 0.15) is 63.8 Å². The van der Waals surface area contributed by atoms with E-state index in [1.165, 1.54) is 0 Å². The number of carbonyl (C=O) groups is 1. The molecule has 192 valence electrons. The lowest BCUT2D eigenvalue weighted by Crippen LogP contribution is -2.53. The van der Waals surface area contributed by atoms with Crippen molar-refractivity contribution in [1.29, 1.82) is 0 Å². The maximum absolute atomic E-state index is 12.5.